The van der Waals surface area contributed by atoms with Crippen molar-refractivity contribution < 1.29 is 22.7 Å². The number of amides is 2. The summed E-state index contributed by atoms with van der Waals surface area (Å²) < 4.78 is 32.4. The minimum absolute atomic E-state index is 0.0615. The van der Waals surface area contributed by atoms with Gasteiger partial charge < -0.3 is 15.0 Å². The van der Waals surface area contributed by atoms with Gasteiger partial charge in [0.05, 0.1) is 25.2 Å². The van der Waals surface area contributed by atoms with Crippen LogP contribution in [0.1, 0.15) is 24.0 Å². The minimum Gasteiger partial charge on any atom is -0.374 e. The first-order valence-electron chi connectivity index (χ1n) is 13.3. The fourth-order valence-corrected chi connectivity index (χ4v) is 6.89. The molecule has 208 valence electrons. The summed E-state index contributed by atoms with van der Waals surface area (Å²) in [5, 5.41) is 2.94. The van der Waals surface area contributed by atoms with Crippen molar-refractivity contribution in [3.63, 3.8) is 0 Å². The van der Waals surface area contributed by atoms with Crippen molar-refractivity contribution in [2.45, 2.75) is 36.9 Å². The Kier molecular flexibility index (Phi) is 7.80. The highest BCUT2D eigenvalue weighted by atomic mass is 32.2. The minimum atomic E-state index is -3.41. The standard InChI is InChI=1S/C29H36N4O5S/c1-31-16-8-13-26(31)27(34)30-24(20-38-19-22-9-4-3-5-10-22)28(35)32-17-14-29(15-18-32)21-33(39(2,36)37)25-12-7-6-11-23(25)29/h3-13,24,26H,14-21H2,1-2H3,(H,30,34)/t24-,26+/m1/s1. The van der Waals surface area contributed by atoms with Gasteiger partial charge in [-0.3, -0.25) is 18.8 Å². The summed E-state index contributed by atoms with van der Waals surface area (Å²) in [6.07, 6.45) is 6.30. The van der Waals surface area contributed by atoms with E-state index in [1.807, 2.05) is 78.7 Å². The number of likely N-dealkylation sites (tertiary alicyclic amines) is 1. The average molecular weight is 553 g/mol. The molecule has 2 aromatic rings. The molecule has 10 heteroatoms. The molecule has 0 aliphatic carbocycles. The van der Waals surface area contributed by atoms with Crippen LogP contribution in [0, 0.1) is 0 Å². The van der Waals surface area contributed by atoms with Crippen molar-refractivity contribution >= 4 is 27.5 Å². The number of piperidine rings is 1. The molecule has 1 fully saturated rings. The molecule has 0 saturated carbocycles. The van der Waals surface area contributed by atoms with Gasteiger partial charge in [-0.1, -0.05) is 60.7 Å². The molecule has 1 saturated heterocycles. The molecule has 3 aliphatic rings. The maximum atomic E-state index is 13.7. The molecule has 9 nitrogen and oxygen atoms in total. The largest absolute Gasteiger partial charge is 0.374 e. The lowest BCUT2D eigenvalue weighted by Crippen LogP contribution is -2.57. The van der Waals surface area contributed by atoms with Gasteiger partial charge in [0.1, 0.15) is 12.1 Å². The summed E-state index contributed by atoms with van der Waals surface area (Å²) in [7, 11) is -1.54. The zero-order valence-electron chi connectivity index (χ0n) is 22.5. The molecular weight excluding hydrogens is 516 g/mol. The number of carbonyl (C=O) groups is 2. The summed E-state index contributed by atoms with van der Waals surface area (Å²) in [6.45, 7) is 2.41. The number of likely N-dealkylation sites (N-methyl/N-ethyl adjacent to an activating group) is 1. The molecule has 1 spiro atoms. The fraction of sp³-hybridized carbons (Fsp3) is 0.448. The van der Waals surface area contributed by atoms with Crippen LogP contribution >= 0.6 is 0 Å². The Morgan fingerprint density at radius 2 is 1.77 bits per heavy atom. The summed E-state index contributed by atoms with van der Waals surface area (Å²) in [5.41, 5.74) is 2.41. The van der Waals surface area contributed by atoms with E-state index in [1.165, 1.54) is 10.6 Å². The first-order chi connectivity index (χ1) is 18.7. The van der Waals surface area contributed by atoms with Crippen LogP contribution in [-0.4, -0.2) is 88.2 Å². The number of nitrogens with zero attached hydrogens (tertiary/aromatic N) is 3. The summed E-state index contributed by atoms with van der Waals surface area (Å²) >= 11 is 0. The van der Waals surface area contributed by atoms with E-state index in [4.69, 9.17) is 4.74 Å². The second-order valence-corrected chi connectivity index (χ2v) is 12.7. The van der Waals surface area contributed by atoms with E-state index >= 15 is 0 Å². The van der Waals surface area contributed by atoms with E-state index < -0.39 is 22.1 Å². The number of benzene rings is 2. The molecule has 0 unspecified atom stereocenters. The van der Waals surface area contributed by atoms with Crippen LogP contribution in [0.15, 0.2) is 66.7 Å². The van der Waals surface area contributed by atoms with Crippen LogP contribution in [0.5, 0.6) is 0 Å². The number of para-hydroxylation sites is 1. The Balaban J connectivity index is 1.28. The van der Waals surface area contributed by atoms with Gasteiger partial charge in [0.2, 0.25) is 21.8 Å². The first-order valence-corrected chi connectivity index (χ1v) is 15.2. The molecule has 2 amide bonds. The van der Waals surface area contributed by atoms with Crippen molar-refractivity contribution in [3.05, 3.63) is 77.9 Å². The van der Waals surface area contributed by atoms with Crippen molar-refractivity contribution in [1.29, 1.82) is 0 Å². The lowest BCUT2D eigenvalue weighted by Gasteiger charge is -2.41. The van der Waals surface area contributed by atoms with E-state index in [0.29, 0.717) is 45.6 Å². The van der Waals surface area contributed by atoms with Gasteiger partial charge >= 0.3 is 0 Å². The highest BCUT2D eigenvalue weighted by molar-refractivity contribution is 7.92. The second-order valence-electron chi connectivity index (χ2n) is 10.8. The zero-order chi connectivity index (χ0) is 27.6. The van der Waals surface area contributed by atoms with E-state index in [-0.39, 0.29) is 23.8 Å². The summed E-state index contributed by atoms with van der Waals surface area (Å²) in [4.78, 5) is 30.5. The quantitative estimate of drug-likeness (QED) is 0.503. The Bertz CT molecular complexity index is 1340. The lowest BCUT2D eigenvalue weighted by atomic mass is 9.74. The van der Waals surface area contributed by atoms with E-state index in [0.717, 1.165) is 16.8 Å². The van der Waals surface area contributed by atoms with E-state index in [2.05, 4.69) is 5.32 Å². The van der Waals surface area contributed by atoms with Crippen molar-refractivity contribution in [2.75, 3.05) is 50.4 Å². The molecule has 0 radical (unpaired) electrons. The SMILES string of the molecule is CN1CC=C[C@H]1C(=O)N[C@H](COCc1ccccc1)C(=O)N1CCC2(CC1)CN(S(C)(=O)=O)c1ccccc12. The highest BCUT2D eigenvalue weighted by Crippen LogP contribution is 2.47. The van der Waals surface area contributed by atoms with E-state index in [9.17, 15) is 18.0 Å². The number of hydrogen-bond acceptors (Lipinski definition) is 6. The Hall–Kier alpha value is -3.21. The van der Waals surface area contributed by atoms with Gasteiger partial charge in [0, 0.05) is 31.6 Å². The fourth-order valence-electron chi connectivity index (χ4n) is 5.89. The normalized spacial score (nSPS) is 21.2. The smallest absolute Gasteiger partial charge is 0.247 e. The zero-order valence-corrected chi connectivity index (χ0v) is 23.3. The Labute approximate surface area is 230 Å². The third-order valence-electron chi connectivity index (χ3n) is 8.09. The molecule has 3 aliphatic heterocycles. The Morgan fingerprint density at radius 3 is 2.44 bits per heavy atom. The van der Waals surface area contributed by atoms with E-state index in [1.54, 1.807) is 4.90 Å². The van der Waals surface area contributed by atoms with Gasteiger partial charge in [-0.15, -0.1) is 0 Å². The van der Waals surface area contributed by atoms with Crippen LogP contribution in [0.4, 0.5) is 5.69 Å². The molecule has 0 bridgehead atoms. The number of sulfonamides is 1. The number of ether oxygens (including phenoxy) is 1. The third-order valence-corrected chi connectivity index (χ3v) is 9.22. The molecule has 1 N–H and O–H groups in total. The number of fused-ring (bicyclic) bond motifs is 2. The molecular formula is C29H36N4O5S. The molecule has 39 heavy (non-hydrogen) atoms. The number of anilines is 1. The predicted molar refractivity (Wildman–Crippen MR) is 150 cm³/mol. The molecule has 2 atom stereocenters. The van der Waals surface area contributed by atoms with Gasteiger partial charge in [-0.25, -0.2) is 8.42 Å². The molecule has 5 rings (SSSR count). The van der Waals surface area contributed by atoms with Crippen LogP contribution in [0.25, 0.3) is 0 Å². The maximum absolute atomic E-state index is 13.7. The summed E-state index contributed by atoms with van der Waals surface area (Å²) in [6, 6.07) is 16.1. The maximum Gasteiger partial charge on any atom is 0.247 e. The Morgan fingerprint density at radius 1 is 1.08 bits per heavy atom. The molecule has 2 aromatic carbocycles. The molecule has 3 heterocycles. The van der Waals surface area contributed by atoms with Gasteiger partial charge in [-0.05, 0) is 37.1 Å². The third kappa shape index (κ3) is 5.73. The van der Waals surface area contributed by atoms with Crippen LogP contribution in [-0.2, 0) is 36.4 Å². The first kappa shape index (κ1) is 27.4. The lowest BCUT2D eigenvalue weighted by molar-refractivity contribution is -0.140. The van der Waals surface area contributed by atoms with Crippen molar-refractivity contribution in [2.24, 2.45) is 0 Å². The second kappa shape index (κ2) is 11.1. The topological polar surface area (TPSA) is 99.3 Å². The van der Waals surface area contributed by atoms with Crippen molar-refractivity contribution in [1.82, 2.24) is 15.1 Å². The van der Waals surface area contributed by atoms with Crippen molar-refractivity contribution in [3.8, 4) is 0 Å². The highest BCUT2D eigenvalue weighted by Gasteiger charge is 2.48. The number of rotatable bonds is 8. The van der Waals surface area contributed by atoms with Gasteiger partial charge in [0.15, 0.2) is 0 Å². The average Bonchev–Trinajstić information content (AvgIpc) is 3.50. The van der Waals surface area contributed by atoms with Crippen LogP contribution in [0.2, 0.25) is 0 Å². The van der Waals surface area contributed by atoms with Crippen LogP contribution in [0.3, 0.4) is 0 Å². The number of hydrogen-bond donors (Lipinski definition) is 1. The van der Waals surface area contributed by atoms with Gasteiger partial charge in [-0.2, -0.15) is 0 Å². The monoisotopic (exact) mass is 552 g/mol. The molecule has 0 aromatic heterocycles. The summed E-state index contributed by atoms with van der Waals surface area (Å²) in [5.74, 6) is -0.406. The van der Waals surface area contributed by atoms with Crippen LogP contribution < -0.4 is 9.62 Å². The number of nitrogens with one attached hydrogen (secondary N) is 1. The number of carbonyl (C=O) groups excluding carboxylic acids is 2. The van der Waals surface area contributed by atoms with Gasteiger partial charge in [0.25, 0.3) is 0 Å². The predicted octanol–water partition coefficient (Wildman–Crippen LogP) is 1.90.